The van der Waals surface area contributed by atoms with E-state index >= 15 is 0 Å². The van der Waals surface area contributed by atoms with Crippen LogP contribution in [0.15, 0.2) is 4.52 Å². The van der Waals surface area contributed by atoms with Gasteiger partial charge in [0.05, 0.1) is 10.8 Å². The predicted molar refractivity (Wildman–Crippen MR) is 37.5 cm³/mol. The molecule has 60 valence electrons. The van der Waals surface area contributed by atoms with Gasteiger partial charge < -0.3 is 4.52 Å². The molecule has 0 fully saturated rings. The third kappa shape index (κ3) is 1.32. The second kappa shape index (κ2) is 2.87. The molecule has 0 radical (unpaired) electrons. The van der Waals surface area contributed by atoms with Crippen LogP contribution in [0.1, 0.15) is 11.5 Å². The van der Waals surface area contributed by atoms with Crippen LogP contribution in [-0.2, 0) is 5.88 Å². The van der Waals surface area contributed by atoms with Crippen LogP contribution in [0.5, 0.6) is 0 Å². The van der Waals surface area contributed by atoms with Gasteiger partial charge in [0, 0.05) is 0 Å². The number of nitro groups is 1. The first-order chi connectivity index (χ1) is 5.16. The van der Waals surface area contributed by atoms with E-state index in [1.165, 1.54) is 6.92 Å². The SMILES string of the molecule is Cc1noc(CCl)c1[N+](=O)[O-]. The van der Waals surface area contributed by atoms with E-state index in [1.807, 2.05) is 0 Å². The molecule has 0 amide bonds. The molecular formula is C5H5ClN2O3. The maximum absolute atomic E-state index is 10.3. The fourth-order valence-corrected chi connectivity index (χ4v) is 0.909. The van der Waals surface area contributed by atoms with E-state index in [-0.39, 0.29) is 23.0 Å². The first kappa shape index (κ1) is 8.00. The van der Waals surface area contributed by atoms with Gasteiger partial charge in [-0.1, -0.05) is 5.16 Å². The predicted octanol–water partition coefficient (Wildman–Crippen LogP) is 1.63. The lowest BCUT2D eigenvalue weighted by molar-refractivity contribution is -0.386. The molecular weight excluding hydrogens is 172 g/mol. The number of halogens is 1. The standard InChI is InChI=1S/C5H5ClN2O3/c1-3-5(8(9)10)4(2-6)11-7-3/h2H2,1H3. The molecule has 0 saturated heterocycles. The third-order valence-corrected chi connectivity index (χ3v) is 1.45. The molecule has 11 heavy (non-hydrogen) atoms. The van der Waals surface area contributed by atoms with Crippen LogP contribution < -0.4 is 0 Å². The summed E-state index contributed by atoms with van der Waals surface area (Å²) in [5.41, 5.74) is 0.130. The summed E-state index contributed by atoms with van der Waals surface area (Å²) in [6.45, 7) is 1.50. The Hall–Kier alpha value is -1.10. The topological polar surface area (TPSA) is 69.2 Å². The van der Waals surface area contributed by atoms with Crippen molar-refractivity contribution in [3.05, 3.63) is 21.6 Å². The average molecular weight is 177 g/mol. The Kier molecular flexibility index (Phi) is 2.09. The van der Waals surface area contributed by atoms with E-state index in [2.05, 4.69) is 9.68 Å². The smallest absolute Gasteiger partial charge is 0.335 e. The second-order valence-corrected chi connectivity index (χ2v) is 2.20. The Morgan fingerprint density at radius 3 is 2.82 bits per heavy atom. The Morgan fingerprint density at radius 1 is 1.82 bits per heavy atom. The summed E-state index contributed by atoms with van der Waals surface area (Å²) in [6, 6.07) is 0. The average Bonchev–Trinajstić information content (AvgIpc) is 2.30. The van der Waals surface area contributed by atoms with Gasteiger partial charge >= 0.3 is 5.69 Å². The van der Waals surface area contributed by atoms with E-state index in [9.17, 15) is 10.1 Å². The van der Waals surface area contributed by atoms with Crippen molar-refractivity contribution in [1.29, 1.82) is 0 Å². The van der Waals surface area contributed by atoms with Crippen LogP contribution in [0.4, 0.5) is 5.69 Å². The molecule has 0 unspecified atom stereocenters. The molecule has 6 heteroatoms. The summed E-state index contributed by atoms with van der Waals surface area (Å²) in [4.78, 5) is 9.76. The molecule has 0 atom stereocenters. The Labute approximate surface area is 67.1 Å². The number of hydrogen-bond donors (Lipinski definition) is 0. The minimum atomic E-state index is -0.552. The van der Waals surface area contributed by atoms with Crippen molar-refractivity contribution in [2.75, 3.05) is 0 Å². The van der Waals surface area contributed by atoms with Gasteiger partial charge in [-0.25, -0.2) is 0 Å². The number of nitrogens with zero attached hydrogens (tertiary/aromatic N) is 2. The summed E-state index contributed by atoms with van der Waals surface area (Å²) < 4.78 is 4.58. The van der Waals surface area contributed by atoms with Crippen LogP contribution in [0.3, 0.4) is 0 Å². The van der Waals surface area contributed by atoms with Gasteiger partial charge in [0.15, 0.2) is 5.69 Å². The van der Waals surface area contributed by atoms with Crippen molar-refractivity contribution in [3.8, 4) is 0 Å². The normalized spacial score (nSPS) is 10.0. The van der Waals surface area contributed by atoms with Crippen molar-refractivity contribution in [2.24, 2.45) is 0 Å². The Morgan fingerprint density at radius 2 is 2.45 bits per heavy atom. The van der Waals surface area contributed by atoms with Gasteiger partial charge in [-0.2, -0.15) is 0 Å². The fraction of sp³-hybridized carbons (Fsp3) is 0.400. The van der Waals surface area contributed by atoms with Gasteiger partial charge in [-0.15, -0.1) is 11.6 Å². The lowest BCUT2D eigenvalue weighted by Gasteiger charge is -1.86. The van der Waals surface area contributed by atoms with Gasteiger partial charge in [0.25, 0.3) is 0 Å². The van der Waals surface area contributed by atoms with E-state index in [4.69, 9.17) is 11.6 Å². The zero-order chi connectivity index (χ0) is 8.43. The van der Waals surface area contributed by atoms with Gasteiger partial charge in [-0.3, -0.25) is 10.1 Å². The molecule has 1 heterocycles. The highest BCUT2D eigenvalue weighted by Crippen LogP contribution is 2.23. The first-order valence-electron chi connectivity index (χ1n) is 2.82. The number of rotatable bonds is 2. The first-order valence-corrected chi connectivity index (χ1v) is 3.35. The highest BCUT2D eigenvalue weighted by molar-refractivity contribution is 6.17. The Balaban J connectivity index is 3.17. The molecule has 0 spiro atoms. The van der Waals surface area contributed by atoms with Crippen molar-refractivity contribution in [2.45, 2.75) is 12.8 Å². The quantitative estimate of drug-likeness (QED) is 0.390. The molecule has 1 rings (SSSR count). The van der Waals surface area contributed by atoms with Crippen LogP contribution in [-0.4, -0.2) is 10.1 Å². The zero-order valence-electron chi connectivity index (χ0n) is 5.70. The minimum Gasteiger partial charge on any atom is -0.352 e. The molecule has 1 aromatic heterocycles. The summed E-state index contributed by atoms with van der Waals surface area (Å²) in [6.07, 6.45) is 0. The lowest BCUT2D eigenvalue weighted by Crippen LogP contribution is -1.91. The maximum Gasteiger partial charge on any atom is 0.335 e. The van der Waals surface area contributed by atoms with Gasteiger partial charge in [-0.05, 0) is 6.92 Å². The zero-order valence-corrected chi connectivity index (χ0v) is 6.46. The van der Waals surface area contributed by atoms with Crippen LogP contribution in [0.25, 0.3) is 0 Å². The van der Waals surface area contributed by atoms with Crippen LogP contribution in [0, 0.1) is 17.0 Å². The minimum absolute atomic E-state index is 0.0306. The van der Waals surface area contributed by atoms with Crippen molar-refractivity contribution in [1.82, 2.24) is 5.16 Å². The van der Waals surface area contributed by atoms with Gasteiger partial charge in [0.2, 0.25) is 5.76 Å². The Bertz CT molecular complexity index is 283. The van der Waals surface area contributed by atoms with E-state index < -0.39 is 4.92 Å². The van der Waals surface area contributed by atoms with E-state index in [0.717, 1.165) is 0 Å². The number of aryl methyl sites for hydroxylation is 1. The molecule has 0 aromatic carbocycles. The third-order valence-electron chi connectivity index (χ3n) is 1.20. The van der Waals surface area contributed by atoms with Crippen LogP contribution >= 0.6 is 11.6 Å². The molecule has 0 saturated carbocycles. The number of hydrogen-bond acceptors (Lipinski definition) is 4. The van der Waals surface area contributed by atoms with Crippen molar-refractivity contribution < 1.29 is 9.45 Å². The second-order valence-electron chi connectivity index (χ2n) is 1.93. The number of aromatic nitrogens is 1. The summed E-state index contributed by atoms with van der Waals surface area (Å²) in [7, 11) is 0. The fourth-order valence-electron chi connectivity index (χ4n) is 0.733. The summed E-state index contributed by atoms with van der Waals surface area (Å²) in [5.74, 6) is 0.0751. The number of alkyl halides is 1. The molecule has 1 aromatic rings. The largest absolute Gasteiger partial charge is 0.352 e. The van der Waals surface area contributed by atoms with Crippen molar-refractivity contribution in [3.63, 3.8) is 0 Å². The lowest BCUT2D eigenvalue weighted by atomic mass is 10.3. The molecule has 0 bridgehead atoms. The highest BCUT2D eigenvalue weighted by Gasteiger charge is 2.22. The van der Waals surface area contributed by atoms with E-state index in [0.29, 0.717) is 0 Å². The monoisotopic (exact) mass is 176 g/mol. The summed E-state index contributed by atoms with van der Waals surface area (Å²) >= 11 is 5.35. The van der Waals surface area contributed by atoms with Gasteiger partial charge in [0.1, 0.15) is 0 Å². The highest BCUT2D eigenvalue weighted by atomic mass is 35.5. The van der Waals surface area contributed by atoms with E-state index in [1.54, 1.807) is 0 Å². The molecule has 0 aliphatic rings. The van der Waals surface area contributed by atoms with Crippen molar-refractivity contribution >= 4 is 17.3 Å². The van der Waals surface area contributed by atoms with Crippen LogP contribution in [0.2, 0.25) is 0 Å². The molecule has 5 nitrogen and oxygen atoms in total. The summed E-state index contributed by atoms with van der Waals surface area (Å²) in [5, 5.41) is 13.7. The molecule has 0 aliphatic heterocycles. The molecule has 0 aliphatic carbocycles. The molecule has 0 N–H and O–H groups in total. The maximum atomic E-state index is 10.3.